The number of thioether (sulfide) groups is 2. The summed E-state index contributed by atoms with van der Waals surface area (Å²) in [4.78, 5) is 5.71. The lowest BCUT2D eigenvalue weighted by Gasteiger charge is -2.47. The molecule has 9 rings (SSSR count). The molecule has 274 valence electrons. The molecule has 2 aliphatic carbocycles. The van der Waals surface area contributed by atoms with Crippen molar-refractivity contribution < 1.29 is 0 Å². The molecule has 0 unspecified atom stereocenters. The van der Waals surface area contributed by atoms with Crippen LogP contribution in [-0.4, -0.2) is 81.2 Å². The van der Waals surface area contributed by atoms with Gasteiger partial charge in [0.2, 0.25) is 0 Å². The van der Waals surface area contributed by atoms with Crippen LogP contribution in [0, 0.1) is 11.8 Å². The van der Waals surface area contributed by atoms with Gasteiger partial charge in [-0.2, -0.15) is 23.5 Å². The van der Waals surface area contributed by atoms with E-state index in [1.807, 2.05) is 23.5 Å². The Morgan fingerprint density at radius 3 is 1.44 bits per heavy atom. The van der Waals surface area contributed by atoms with Crippen LogP contribution < -0.4 is 0 Å². The monoisotopic (exact) mass is 730 g/mol. The van der Waals surface area contributed by atoms with Crippen LogP contribution >= 0.6 is 23.5 Å². The van der Waals surface area contributed by atoms with E-state index in [0.29, 0.717) is 23.9 Å². The van der Waals surface area contributed by atoms with Crippen molar-refractivity contribution in [2.45, 2.75) is 89.4 Å². The summed E-state index contributed by atoms with van der Waals surface area (Å²) in [6.07, 6.45) is 17.1. The van der Waals surface area contributed by atoms with Crippen molar-refractivity contribution in [1.82, 2.24) is 18.9 Å². The second kappa shape index (κ2) is 14.9. The Bertz CT molecular complexity index is 1880. The molecule has 52 heavy (non-hydrogen) atoms. The molecule has 2 saturated heterocycles. The van der Waals surface area contributed by atoms with Crippen molar-refractivity contribution in [2.24, 2.45) is 11.8 Å². The van der Waals surface area contributed by atoms with Crippen LogP contribution in [0.1, 0.15) is 84.7 Å². The fraction of sp³-hybridized carbons (Fsp3) is 0.522. The first-order valence-corrected chi connectivity index (χ1v) is 23.1. The first-order chi connectivity index (χ1) is 25.6. The lowest BCUT2D eigenvalue weighted by atomic mass is 9.72. The van der Waals surface area contributed by atoms with Crippen molar-refractivity contribution >= 4 is 45.3 Å². The molecule has 4 aliphatic rings. The SMILES string of the molecule is CCCN1C[C@H](CSC)C[C@@H]2c3cccc4c3c(cn4Cc3ccc(Cn4cc5c6c(cccc64)[C@H]4C[C@@H](CSC)CN(CCC)[C@@H]4C5)cc3)C[C@H]21. The number of likely N-dealkylation sites (tertiary alicyclic amines) is 2. The number of fused-ring (bicyclic) bond motifs is 4. The third-order valence-corrected chi connectivity index (χ3v) is 14.9. The number of nitrogens with zero attached hydrogens (tertiary/aromatic N) is 4. The van der Waals surface area contributed by atoms with Gasteiger partial charge in [-0.25, -0.2) is 0 Å². The molecule has 4 heterocycles. The number of benzene rings is 3. The molecule has 0 radical (unpaired) electrons. The van der Waals surface area contributed by atoms with E-state index in [2.05, 4.69) is 118 Å². The minimum Gasteiger partial charge on any atom is -0.343 e. The molecule has 4 nitrogen and oxygen atoms in total. The molecular formula is C46H58N4S2. The molecule has 0 N–H and O–H groups in total. The zero-order valence-electron chi connectivity index (χ0n) is 31.9. The highest BCUT2D eigenvalue weighted by molar-refractivity contribution is 7.98. The van der Waals surface area contributed by atoms with Gasteiger partial charge in [0, 0.05) is 84.3 Å². The Hall–Kier alpha value is -2.64. The normalized spacial score (nSPS) is 25.8. The summed E-state index contributed by atoms with van der Waals surface area (Å²) in [5.41, 5.74) is 12.0. The summed E-state index contributed by atoms with van der Waals surface area (Å²) >= 11 is 4.06. The highest BCUT2D eigenvalue weighted by atomic mass is 32.2. The van der Waals surface area contributed by atoms with Gasteiger partial charge in [-0.05, 0) is 133 Å². The summed E-state index contributed by atoms with van der Waals surface area (Å²) in [7, 11) is 0. The van der Waals surface area contributed by atoms with Gasteiger partial charge in [-0.3, -0.25) is 9.80 Å². The number of hydrogen-bond donors (Lipinski definition) is 0. The molecule has 5 aromatic rings. The van der Waals surface area contributed by atoms with Gasteiger partial charge in [0.25, 0.3) is 0 Å². The minimum atomic E-state index is 0.647. The maximum Gasteiger partial charge on any atom is 0.0489 e. The maximum absolute atomic E-state index is 2.85. The third kappa shape index (κ3) is 6.28. The highest BCUT2D eigenvalue weighted by Crippen LogP contribution is 2.47. The van der Waals surface area contributed by atoms with E-state index in [1.165, 1.54) is 98.4 Å². The average Bonchev–Trinajstić information content (AvgIpc) is 3.69. The molecule has 0 saturated carbocycles. The fourth-order valence-electron chi connectivity index (χ4n) is 11.4. The van der Waals surface area contributed by atoms with Gasteiger partial charge < -0.3 is 9.13 Å². The van der Waals surface area contributed by atoms with Gasteiger partial charge in [0.1, 0.15) is 0 Å². The largest absolute Gasteiger partial charge is 0.343 e. The first kappa shape index (κ1) is 35.1. The van der Waals surface area contributed by atoms with Gasteiger partial charge in [0.05, 0.1) is 0 Å². The average molecular weight is 731 g/mol. The zero-order valence-corrected chi connectivity index (χ0v) is 33.5. The number of piperidine rings is 2. The molecule has 2 aromatic heterocycles. The van der Waals surface area contributed by atoms with E-state index < -0.39 is 0 Å². The molecule has 0 amide bonds. The third-order valence-electron chi connectivity index (χ3n) is 13.3. The zero-order chi connectivity index (χ0) is 35.3. The lowest BCUT2D eigenvalue weighted by Crippen LogP contribution is -2.50. The quantitative estimate of drug-likeness (QED) is 0.127. The van der Waals surface area contributed by atoms with Crippen LogP contribution in [0.2, 0.25) is 0 Å². The van der Waals surface area contributed by atoms with Crippen LogP contribution in [0.15, 0.2) is 73.1 Å². The van der Waals surface area contributed by atoms with E-state index >= 15 is 0 Å². The molecule has 6 atom stereocenters. The second-order valence-corrected chi connectivity index (χ2v) is 18.5. The predicted molar refractivity (Wildman–Crippen MR) is 226 cm³/mol. The summed E-state index contributed by atoms with van der Waals surface area (Å²) in [5, 5.41) is 3.12. The molecule has 2 fully saturated rings. The minimum absolute atomic E-state index is 0.647. The predicted octanol–water partition coefficient (Wildman–Crippen LogP) is 9.90. The molecule has 6 heteroatoms. The summed E-state index contributed by atoms with van der Waals surface area (Å²) in [6, 6.07) is 25.2. The van der Waals surface area contributed by atoms with Crippen molar-refractivity contribution in [3.63, 3.8) is 0 Å². The Labute approximate surface area is 320 Å². The van der Waals surface area contributed by atoms with E-state index in [9.17, 15) is 0 Å². The highest BCUT2D eigenvalue weighted by Gasteiger charge is 2.42. The number of rotatable bonds is 12. The van der Waals surface area contributed by atoms with Crippen LogP contribution in [0.25, 0.3) is 21.8 Å². The van der Waals surface area contributed by atoms with E-state index in [1.54, 1.807) is 33.0 Å². The van der Waals surface area contributed by atoms with E-state index in [4.69, 9.17) is 0 Å². The van der Waals surface area contributed by atoms with Gasteiger partial charge in [-0.15, -0.1) is 0 Å². The van der Waals surface area contributed by atoms with Crippen molar-refractivity contribution in [3.05, 3.63) is 106 Å². The van der Waals surface area contributed by atoms with Gasteiger partial charge in [0.15, 0.2) is 0 Å². The van der Waals surface area contributed by atoms with Crippen molar-refractivity contribution in [2.75, 3.05) is 50.2 Å². The van der Waals surface area contributed by atoms with E-state index in [0.717, 1.165) is 24.9 Å². The Morgan fingerprint density at radius 1 is 0.596 bits per heavy atom. The lowest BCUT2D eigenvalue weighted by molar-refractivity contribution is 0.0926. The van der Waals surface area contributed by atoms with Crippen LogP contribution in [0.5, 0.6) is 0 Å². The smallest absolute Gasteiger partial charge is 0.0489 e. The Morgan fingerprint density at radius 2 is 1.04 bits per heavy atom. The summed E-state index contributed by atoms with van der Waals surface area (Å²) < 4.78 is 5.11. The number of aromatic nitrogens is 2. The molecule has 2 aliphatic heterocycles. The fourth-order valence-corrected chi connectivity index (χ4v) is 12.8. The Kier molecular flexibility index (Phi) is 10.0. The van der Waals surface area contributed by atoms with Crippen LogP contribution in [-0.2, 0) is 25.9 Å². The second-order valence-electron chi connectivity index (χ2n) is 16.7. The van der Waals surface area contributed by atoms with Gasteiger partial charge >= 0.3 is 0 Å². The molecule has 0 bridgehead atoms. The van der Waals surface area contributed by atoms with Crippen molar-refractivity contribution in [3.8, 4) is 0 Å². The molecule has 3 aromatic carbocycles. The van der Waals surface area contributed by atoms with Crippen LogP contribution in [0.3, 0.4) is 0 Å². The maximum atomic E-state index is 2.85. The topological polar surface area (TPSA) is 16.3 Å². The summed E-state index contributed by atoms with van der Waals surface area (Å²) in [5.74, 6) is 5.47. The van der Waals surface area contributed by atoms with Gasteiger partial charge in [-0.1, -0.05) is 62.4 Å². The van der Waals surface area contributed by atoms with E-state index in [-0.39, 0.29) is 0 Å². The molecular weight excluding hydrogens is 673 g/mol. The molecule has 0 spiro atoms. The standard InChI is InChI=1S/C46H58N4S2/c1-5-17-47-25-33(29-51-3)19-39-37-9-7-11-41-45(37)35(21-43(39)47)27-49(41)23-31-13-15-32(16-14-31)24-50-28-36-22-44-40(38-10-8-12-42(50)46(36)38)20-34(30-52-4)26-48(44)18-6-2/h7-16,27-28,33-34,39-40,43-44H,5-6,17-26,29-30H2,1-4H3/t33-,34-,39-,40-,43-,44-/m1/s1. The first-order valence-electron chi connectivity index (χ1n) is 20.3. The van der Waals surface area contributed by atoms with Crippen LogP contribution in [0.4, 0.5) is 0 Å². The Balaban J connectivity index is 0.955. The van der Waals surface area contributed by atoms with Crippen molar-refractivity contribution in [1.29, 1.82) is 0 Å². The number of hydrogen-bond acceptors (Lipinski definition) is 4. The summed E-state index contributed by atoms with van der Waals surface area (Å²) in [6.45, 7) is 11.6.